The van der Waals surface area contributed by atoms with Crippen molar-refractivity contribution in [1.29, 1.82) is 0 Å². The number of nitro groups is 1. The maximum Gasteiger partial charge on any atom is 0.278 e. The Morgan fingerprint density at radius 3 is 2.33 bits per heavy atom. The van der Waals surface area contributed by atoms with E-state index in [9.17, 15) is 14.9 Å². The summed E-state index contributed by atoms with van der Waals surface area (Å²) in [4.78, 5) is 23.1. The second-order valence-corrected chi connectivity index (χ2v) is 4.70. The number of carbonyl (C=O) groups is 1. The molecule has 0 saturated heterocycles. The second kappa shape index (κ2) is 5.72. The molecule has 1 unspecified atom stereocenters. The third-order valence-corrected chi connectivity index (χ3v) is 3.13. The molecule has 2 rings (SSSR count). The van der Waals surface area contributed by atoms with Gasteiger partial charge in [0.1, 0.15) is 0 Å². The number of ketones is 1. The highest BCUT2D eigenvalue weighted by Crippen LogP contribution is 2.36. The van der Waals surface area contributed by atoms with Crippen LogP contribution in [-0.4, -0.2) is 16.7 Å². The molecule has 0 fully saturated rings. The number of hydrogen-bond acceptors (Lipinski definition) is 5. The predicted octanol–water partition coefficient (Wildman–Crippen LogP) is 2.37. The molecule has 108 valence electrons. The molecule has 2 aromatic carbocycles. The minimum absolute atomic E-state index is 0.102. The molecule has 0 aromatic heterocycles. The topological polar surface area (TPSA) is 112 Å². The molecular formula is C15H15N3O3. The quantitative estimate of drug-likeness (QED) is 0.387. The average molecular weight is 285 g/mol. The van der Waals surface area contributed by atoms with Crippen LogP contribution in [0.5, 0.6) is 0 Å². The van der Waals surface area contributed by atoms with Crippen LogP contribution in [-0.2, 0) is 0 Å². The van der Waals surface area contributed by atoms with Crippen molar-refractivity contribution in [3.05, 3.63) is 58.1 Å². The number of anilines is 1. The van der Waals surface area contributed by atoms with E-state index in [1.165, 1.54) is 19.1 Å². The Bertz CT molecular complexity index is 697. The third-order valence-electron chi connectivity index (χ3n) is 3.13. The van der Waals surface area contributed by atoms with Crippen LogP contribution >= 0.6 is 0 Å². The number of nitrogens with two attached hydrogens (primary N) is 2. The Kier molecular flexibility index (Phi) is 4.00. The van der Waals surface area contributed by atoms with Crippen molar-refractivity contribution in [3.63, 3.8) is 0 Å². The zero-order valence-corrected chi connectivity index (χ0v) is 11.4. The minimum Gasteiger partial charge on any atom is -0.398 e. The molecule has 0 aliphatic rings. The highest BCUT2D eigenvalue weighted by Gasteiger charge is 2.26. The van der Waals surface area contributed by atoms with E-state index in [4.69, 9.17) is 11.5 Å². The molecule has 0 bridgehead atoms. The van der Waals surface area contributed by atoms with Gasteiger partial charge < -0.3 is 11.5 Å². The largest absolute Gasteiger partial charge is 0.398 e. The molecule has 0 spiro atoms. The van der Waals surface area contributed by atoms with Crippen LogP contribution in [0.3, 0.4) is 0 Å². The van der Waals surface area contributed by atoms with E-state index in [-0.39, 0.29) is 22.5 Å². The Morgan fingerprint density at radius 1 is 1.19 bits per heavy atom. The zero-order valence-electron chi connectivity index (χ0n) is 11.4. The van der Waals surface area contributed by atoms with Crippen molar-refractivity contribution in [1.82, 2.24) is 0 Å². The van der Waals surface area contributed by atoms with E-state index >= 15 is 0 Å². The van der Waals surface area contributed by atoms with E-state index in [2.05, 4.69) is 0 Å². The predicted molar refractivity (Wildman–Crippen MR) is 80.9 cm³/mol. The monoisotopic (exact) mass is 285 g/mol. The molecular weight excluding hydrogens is 270 g/mol. The molecule has 0 aliphatic heterocycles. The molecule has 21 heavy (non-hydrogen) atoms. The smallest absolute Gasteiger partial charge is 0.278 e. The number of carbonyl (C=O) groups excluding carboxylic acids is 1. The van der Waals surface area contributed by atoms with Gasteiger partial charge in [0.25, 0.3) is 5.69 Å². The van der Waals surface area contributed by atoms with Gasteiger partial charge in [-0.3, -0.25) is 14.9 Å². The number of Topliss-reactive ketones (excluding diaryl/α,β-unsaturated/α-hetero) is 1. The lowest BCUT2D eigenvalue weighted by atomic mass is 9.92. The first-order chi connectivity index (χ1) is 9.93. The number of nitrogen functional groups attached to an aromatic ring is 1. The summed E-state index contributed by atoms with van der Waals surface area (Å²) in [6.07, 6.45) is 0. The van der Waals surface area contributed by atoms with E-state index < -0.39 is 16.7 Å². The third kappa shape index (κ3) is 2.75. The fraction of sp³-hybridized carbons (Fsp3) is 0.133. The molecule has 6 heteroatoms. The SMILES string of the molecule is CC(N)C(=O)c1c(N)ccc([N+](=O)[O-])c1-c1ccccc1. The lowest BCUT2D eigenvalue weighted by Gasteiger charge is -2.14. The fourth-order valence-corrected chi connectivity index (χ4v) is 2.15. The van der Waals surface area contributed by atoms with Gasteiger partial charge in [-0.15, -0.1) is 0 Å². The van der Waals surface area contributed by atoms with E-state index in [0.29, 0.717) is 5.56 Å². The van der Waals surface area contributed by atoms with Gasteiger partial charge in [-0.05, 0) is 18.6 Å². The summed E-state index contributed by atoms with van der Waals surface area (Å²) in [5.74, 6) is -0.421. The van der Waals surface area contributed by atoms with E-state index in [1.807, 2.05) is 0 Å². The summed E-state index contributed by atoms with van der Waals surface area (Å²) >= 11 is 0. The number of nitrogens with zero attached hydrogens (tertiary/aromatic N) is 1. The van der Waals surface area contributed by atoms with Gasteiger partial charge >= 0.3 is 0 Å². The summed E-state index contributed by atoms with van der Waals surface area (Å²) in [6, 6.07) is 10.5. The summed E-state index contributed by atoms with van der Waals surface area (Å²) in [6.45, 7) is 1.52. The molecule has 0 radical (unpaired) electrons. The van der Waals surface area contributed by atoms with Gasteiger partial charge in [0.05, 0.1) is 22.1 Å². The zero-order chi connectivity index (χ0) is 15.6. The molecule has 0 aliphatic carbocycles. The van der Waals surface area contributed by atoms with Crippen molar-refractivity contribution in [2.45, 2.75) is 13.0 Å². The normalized spacial score (nSPS) is 11.9. The van der Waals surface area contributed by atoms with Crippen LogP contribution in [0.4, 0.5) is 11.4 Å². The standard InChI is InChI=1S/C15H15N3O3/c1-9(16)15(19)14-11(17)7-8-12(18(20)21)13(14)10-5-3-2-4-6-10/h2-9H,16-17H2,1H3. The Labute approximate surface area is 121 Å². The molecule has 6 nitrogen and oxygen atoms in total. The molecule has 1 atom stereocenters. The highest BCUT2D eigenvalue weighted by atomic mass is 16.6. The summed E-state index contributed by atoms with van der Waals surface area (Å²) < 4.78 is 0. The minimum atomic E-state index is -0.795. The van der Waals surface area contributed by atoms with Gasteiger partial charge in [0.15, 0.2) is 5.78 Å². The van der Waals surface area contributed by atoms with Crippen molar-refractivity contribution in [2.24, 2.45) is 5.73 Å². The lowest BCUT2D eigenvalue weighted by molar-refractivity contribution is -0.384. The van der Waals surface area contributed by atoms with Gasteiger partial charge in [0.2, 0.25) is 0 Å². The van der Waals surface area contributed by atoms with Crippen molar-refractivity contribution in [2.75, 3.05) is 5.73 Å². The summed E-state index contributed by atoms with van der Waals surface area (Å²) in [7, 11) is 0. The maximum absolute atomic E-state index is 12.3. The summed E-state index contributed by atoms with van der Waals surface area (Å²) in [5.41, 5.74) is 12.4. The van der Waals surface area contributed by atoms with Crippen molar-refractivity contribution < 1.29 is 9.72 Å². The first-order valence-electron chi connectivity index (χ1n) is 6.35. The molecule has 0 saturated carbocycles. The molecule has 0 amide bonds. The second-order valence-electron chi connectivity index (χ2n) is 4.70. The summed E-state index contributed by atoms with van der Waals surface area (Å²) in [5, 5.41) is 11.3. The van der Waals surface area contributed by atoms with Crippen molar-refractivity contribution >= 4 is 17.2 Å². The Balaban J connectivity index is 2.83. The van der Waals surface area contributed by atoms with Crippen LogP contribution in [0.1, 0.15) is 17.3 Å². The number of benzene rings is 2. The Morgan fingerprint density at radius 2 is 1.81 bits per heavy atom. The van der Waals surface area contributed by atoms with Crippen LogP contribution in [0.25, 0.3) is 11.1 Å². The van der Waals surface area contributed by atoms with Gasteiger partial charge in [0, 0.05) is 11.8 Å². The van der Waals surface area contributed by atoms with Crippen LogP contribution in [0.2, 0.25) is 0 Å². The molecule has 0 heterocycles. The first kappa shape index (κ1) is 14.7. The number of nitro benzene ring substituents is 1. The fourth-order valence-electron chi connectivity index (χ4n) is 2.15. The van der Waals surface area contributed by atoms with Crippen molar-refractivity contribution in [3.8, 4) is 11.1 Å². The van der Waals surface area contributed by atoms with Crippen LogP contribution < -0.4 is 11.5 Å². The highest BCUT2D eigenvalue weighted by molar-refractivity contribution is 6.11. The van der Waals surface area contributed by atoms with Gasteiger partial charge in [-0.2, -0.15) is 0 Å². The maximum atomic E-state index is 12.3. The van der Waals surface area contributed by atoms with E-state index in [0.717, 1.165) is 0 Å². The van der Waals surface area contributed by atoms with Gasteiger partial charge in [-0.1, -0.05) is 30.3 Å². The van der Waals surface area contributed by atoms with Gasteiger partial charge in [-0.25, -0.2) is 0 Å². The van der Waals surface area contributed by atoms with Crippen LogP contribution in [0, 0.1) is 10.1 Å². The number of hydrogen-bond donors (Lipinski definition) is 2. The average Bonchev–Trinajstić information content (AvgIpc) is 2.46. The van der Waals surface area contributed by atoms with Crippen LogP contribution in [0.15, 0.2) is 42.5 Å². The molecule has 4 N–H and O–H groups in total. The Hall–Kier alpha value is -2.73. The lowest BCUT2D eigenvalue weighted by Crippen LogP contribution is -2.28. The molecule has 2 aromatic rings. The first-order valence-corrected chi connectivity index (χ1v) is 6.35. The number of rotatable bonds is 4. The van der Waals surface area contributed by atoms with E-state index in [1.54, 1.807) is 30.3 Å².